The Morgan fingerprint density at radius 1 is 1.83 bits per heavy atom. The summed E-state index contributed by atoms with van der Waals surface area (Å²) < 4.78 is 0. The molecule has 68 valence electrons. The van der Waals surface area contributed by atoms with Crippen molar-refractivity contribution < 1.29 is 9.90 Å². The van der Waals surface area contributed by atoms with E-state index < -0.39 is 12.0 Å². The Hall–Kier alpha value is -1.07. The number of hydrogen-bond donors (Lipinski definition) is 3. The molecule has 1 aliphatic heterocycles. The van der Waals surface area contributed by atoms with Gasteiger partial charge in [0.05, 0.1) is 0 Å². The van der Waals surface area contributed by atoms with Crippen molar-refractivity contribution in [2.75, 3.05) is 13.1 Å². The normalized spacial score (nSPS) is 18.2. The smallest absolute Gasteiger partial charge is 0.320 e. The molecule has 0 saturated heterocycles. The second-order valence-electron chi connectivity index (χ2n) is 2.67. The predicted molar refractivity (Wildman–Crippen MR) is 44.1 cm³/mol. The molecule has 0 aromatic carbocycles. The number of hydrazine groups is 1. The predicted octanol–water partition coefficient (Wildman–Crippen LogP) is -0.878. The van der Waals surface area contributed by atoms with Crippen LogP contribution in [0.1, 0.15) is 6.42 Å². The van der Waals surface area contributed by atoms with Crippen molar-refractivity contribution in [1.29, 1.82) is 0 Å². The van der Waals surface area contributed by atoms with E-state index in [1.165, 1.54) is 0 Å². The van der Waals surface area contributed by atoms with Crippen molar-refractivity contribution in [3.63, 3.8) is 0 Å². The Kier molecular flexibility index (Phi) is 3.07. The van der Waals surface area contributed by atoms with Crippen LogP contribution >= 0.6 is 0 Å². The molecule has 0 aromatic rings. The SMILES string of the molecule is NC(CCN1C=CCN1)C(=O)O. The lowest BCUT2D eigenvalue weighted by Crippen LogP contribution is -2.37. The minimum Gasteiger partial charge on any atom is -0.480 e. The van der Waals surface area contributed by atoms with Crippen LogP contribution in [0.25, 0.3) is 0 Å². The van der Waals surface area contributed by atoms with Gasteiger partial charge in [0.25, 0.3) is 0 Å². The Morgan fingerprint density at radius 2 is 2.58 bits per heavy atom. The van der Waals surface area contributed by atoms with Crippen molar-refractivity contribution >= 4 is 5.97 Å². The van der Waals surface area contributed by atoms with E-state index in [4.69, 9.17) is 10.8 Å². The van der Waals surface area contributed by atoms with Gasteiger partial charge in [-0.1, -0.05) is 6.08 Å². The molecule has 0 saturated carbocycles. The topological polar surface area (TPSA) is 78.6 Å². The molecule has 1 heterocycles. The maximum absolute atomic E-state index is 10.3. The summed E-state index contributed by atoms with van der Waals surface area (Å²) >= 11 is 0. The molecule has 0 aromatic heterocycles. The van der Waals surface area contributed by atoms with E-state index in [0.717, 1.165) is 6.54 Å². The van der Waals surface area contributed by atoms with E-state index in [0.29, 0.717) is 13.0 Å². The summed E-state index contributed by atoms with van der Waals surface area (Å²) in [5.74, 6) is -0.946. The fourth-order valence-corrected chi connectivity index (χ4v) is 0.958. The molecular formula is C7H13N3O2. The number of carbonyl (C=O) groups is 1. The first-order chi connectivity index (χ1) is 5.70. The van der Waals surface area contributed by atoms with Crippen LogP contribution in [0.4, 0.5) is 0 Å². The van der Waals surface area contributed by atoms with Gasteiger partial charge in [-0.25, -0.2) is 5.43 Å². The van der Waals surface area contributed by atoms with Crippen LogP contribution in [-0.2, 0) is 4.79 Å². The number of carboxylic acid groups (broad SMARTS) is 1. The van der Waals surface area contributed by atoms with Gasteiger partial charge in [-0.3, -0.25) is 4.79 Å². The standard InChI is InChI=1S/C7H13N3O2/c8-6(7(11)12)2-5-10-4-1-3-9-10/h1,4,6,9H,2-3,5,8H2,(H,11,12). The van der Waals surface area contributed by atoms with Crippen molar-refractivity contribution in [3.8, 4) is 0 Å². The zero-order chi connectivity index (χ0) is 8.97. The number of carboxylic acids is 1. The van der Waals surface area contributed by atoms with Crippen LogP contribution in [0, 0.1) is 0 Å². The summed E-state index contributed by atoms with van der Waals surface area (Å²) in [5, 5.41) is 10.3. The Bertz CT molecular complexity index is 191. The summed E-state index contributed by atoms with van der Waals surface area (Å²) in [4.78, 5) is 10.3. The summed E-state index contributed by atoms with van der Waals surface area (Å²) in [7, 11) is 0. The van der Waals surface area contributed by atoms with Crippen molar-refractivity contribution in [1.82, 2.24) is 10.4 Å². The molecule has 5 heteroatoms. The summed E-state index contributed by atoms with van der Waals surface area (Å²) in [5.41, 5.74) is 8.34. The van der Waals surface area contributed by atoms with Gasteiger partial charge in [-0.15, -0.1) is 0 Å². The first-order valence-electron chi connectivity index (χ1n) is 3.85. The molecule has 0 radical (unpaired) electrons. The highest BCUT2D eigenvalue weighted by atomic mass is 16.4. The molecule has 0 fully saturated rings. The number of nitrogens with zero attached hydrogens (tertiary/aromatic N) is 1. The van der Waals surface area contributed by atoms with E-state index in [-0.39, 0.29) is 0 Å². The monoisotopic (exact) mass is 171 g/mol. The van der Waals surface area contributed by atoms with Crippen molar-refractivity contribution in [2.24, 2.45) is 5.73 Å². The number of rotatable bonds is 4. The van der Waals surface area contributed by atoms with E-state index in [9.17, 15) is 4.79 Å². The molecule has 0 bridgehead atoms. The summed E-state index contributed by atoms with van der Waals surface area (Å²) in [6.07, 6.45) is 4.30. The average Bonchev–Trinajstić information content (AvgIpc) is 2.51. The van der Waals surface area contributed by atoms with Crippen LogP contribution < -0.4 is 11.2 Å². The van der Waals surface area contributed by atoms with Gasteiger partial charge in [0.1, 0.15) is 6.04 Å². The van der Waals surface area contributed by atoms with Gasteiger partial charge in [-0.05, 0) is 6.42 Å². The zero-order valence-electron chi connectivity index (χ0n) is 6.73. The first kappa shape index (κ1) is 9.02. The Balaban J connectivity index is 2.16. The van der Waals surface area contributed by atoms with Crippen molar-refractivity contribution in [3.05, 3.63) is 12.3 Å². The van der Waals surface area contributed by atoms with Gasteiger partial charge in [0, 0.05) is 19.3 Å². The second kappa shape index (κ2) is 4.08. The van der Waals surface area contributed by atoms with Gasteiger partial charge in [0.2, 0.25) is 0 Å². The fourth-order valence-electron chi connectivity index (χ4n) is 0.958. The third-order valence-corrected chi connectivity index (χ3v) is 1.70. The molecule has 0 amide bonds. The highest BCUT2D eigenvalue weighted by molar-refractivity contribution is 5.72. The van der Waals surface area contributed by atoms with E-state index in [2.05, 4.69) is 5.43 Å². The molecule has 12 heavy (non-hydrogen) atoms. The molecule has 1 atom stereocenters. The quantitative estimate of drug-likeness (QED) is 0.512. The zero-order valence-corrected chi connectivity index (χ0v) is 6.73. The lowest BCUT2D eigenvalue weighted by atomic mass is 10.2. The fraction of sp³-hybridized carbons (Fsp3) is 0.571. The number of aliphatic carboxylic acids is 1. The lowest BCUT2D eigenvalue weighted by molar-refractivity contribution is -0.138. The van der Waals surface area contributed by atoms with E-state index >= 15 is 0 Å². The third-order valence-electron chi connectivity index (χ3n) is 1.70. The largest absolute Gasteiger partial charge is 0.480 e. The highest BCUT2D eigenvalue weighted by Crippen LogP contribution is 1.96. The third kappa shape index (κ3) is 2.52. The number of hydrogen-bond acceptors (Lipinski definition) is 4. The molecule has 1 aliphatic rings. The number of nitrogens with two attached hydrogens (primary N) is 1. The van der Waals surface area contributed by atoms with Crippen LogP contribution in [0.2, 0.25) is 0 Å². The molecule has 0 aliphatic carbocycles. The number of nitrogens with one attached hydrogen (secondary N) is 1. The molecule has 1 rings (SSSR count). The summed E-state index contributed by atoms with van der Waals surface area (Å²) in [6.45, 7) is 1.44. The van der Waals surface area contributed by atoms with Gasteiger partial charge < -0.3 is 15.8 Å². The van der Waals surface area contributed by atoms with Crippen molar-refractivity contribution in [2.45, 2.75) is 12.5 Å². The lowest BCUT2D eigenvalue weighted by Gasteiger charge is -2.16. The molecule has 1 unspecified atom stereocenters. The van der Waals surface area contributed by atoms with Crippen LogP contribution in [0.5, 0.6) is 0 Å². The minimum atomic E-state index is -0.946. The van der Waals surface area contributed by atoms with Crippen LogP contribution in [-0.4, -0.2) is 35.2 Å². The average molecular weight is 171 g/mol. The van der Waals surface area contributed by atoms with Gasteiger partial charge >= 0.3 is 5.97 Å². The Morgan fingerprint density at radius 3 is 3.08 bits per heavy atom. The Labute approximate surface area is 70.8 Å². The maximum Gasteiger partial charge on any atom is 0.320 e. The maximum atomic E-state index is 10.3. The second-order valence-corrected chi connectivity index (χ2v) is 2.67. The molecule has 5 nitrogen and oxygen atoms in total. The van der Waals surface area contributed by atoms with Gasteiger partial charge in [-0.2, -0.15) is 0 Å². The molecule has 0 spiro atoms. The highest BCUT2D eigenvalue weighted by Gasteiger charge is 2.12. The molecular weight excluding hydrogens is 158 g/mol. The molecule has 4 N–H and O–H groups in total. The summed E-state index contributed by atoms with van der Waals surface area (Å²) in [6, 6.07) is -0.763. The first-order valence-corrected chi connectivity index (χ1v) is 3.85. The van der Waals surface area contributed by atoms with Crippen LogP contribution in [0.3, 0.4) is 0 Å². The van der Waals surface area contributed by atoms with Crippen LogP contribution in [0.15, 0.2) is 12.3 Å². The van der Waals surface area contributed by atoms with E-state index in [1.54, 1.807) is 0 Å². The van der Waals surface area contributed by atoms with E-state index in [1.807, 2.05) is 17.3 Å². The minimum absolute atomic E-state index is 0.451. The van der Waals surface area contributed by atoms with Gasteiger partial charge in [0.15, 0.2) is 0 Å².